The Hall–Kier alpha value is -2.59. The molecule has 7 nitrogen and oxygen atoms in total. The molecule has 33 heavy (non-hydrogen) atoms. The maximum Gasteiger partial charge on any atom is 0.191 e. The lowest BCUT2D eigenvalue weighted by Crippen LogP contribution is -2.37. The van der Waals surface area contributed by atoms with Gasteiger partial charge in [0.25, 0.3) is 0 Å². The summed E-state index contributed by atoms with van der Waals surface area (Å²) in [4.78, 5) is 4.33. The molecule has 0 saturated carbocycles. The highest BCUT2D eigenvalue weighted by atomic mass is 127. The molecule has 0 aliphatic heterocycles. The molecule has 2 aromatic carbocycles. The van der Waals surface area contributed by atoms with Crippen LogP contribution in [-0.4, -0.2) is 43.0 Å². The second-order valence-corrected chi connectivity index (χ2v) is 7.57. The molecule has 2 N–H and O–H groups in total. The molecule has 178 valence electrons. The van der Waals surface area contributed by atoms with Crippen LogP contribution in [0.15, 0.2) is 59.6 Å². The Bertz CT molecular complexity index is 1020. The van der Waals surface area contributed by atoms with Crippen molar-refractivity contribution in [1.29, 1.82) is 0 Å². The molecule has 8 heteroatoms. The van der Waals surface area contributed by atoms with Gasteiger partial charge in [0.05, 0.1) is 25.1 Å². The first-order valence-corrected chi connectivity index (χ1v) is 10.9. The third-order valence-electron chi connectivity index (χ3n) is 5.08. The summed E-state index contributed by atoms with van der Waals surface area (Å²) in [5.74, 6) is 1.62. The lowest BCUT2D eigenvalue weighted by molar-refractivity contribution is 0.119. The summed E-state index contributed by atoms with van der Waals surface area (Å²) in [5.41, 5.74) is 5.50. The number of aliphatic imine (C=N–C) groups is 1. The molecule has 0 spiro atoms. The summed E-state index contributed by atoms with van der Waals surface area (Å²) in [7, 11) is 3.45. The van der Waals surface area contributed by atoms with Crippen LogP contribution < -0.4 is 15.4 Å². The maximum atomic E-state index is 5.77. The predicted molar refractivity (Wildman–Crippen MR) is 144 cm³/mol. The van der Waals surface area contributed by atoms with Crippen molar-refractivity contribution in [3.8, 4) is 11.4 Å². The number of nitrogens with one attached hydrogen (secondary N) is 2. The van der Waals surface area contributed by atoms with E-state index in [-0.39, 0.29) is 24.0 Å². The van der Waals surface area contributed by atoms with E-state index in [1.54, 1.807) is 14.2 Å². The Balaban J connectivity index is 0.00000385. The highest BCUT2D eigenvalue weighted by Crippen LogP contribution is 2.17. The van der Waals surface area contributed by atoms with Gasteiger partial charge in [-0.25, -0.2) is 4.68 Å². The molecule has 1 aromatic heterocycles. The van der Waals surface area contributed by atoms with E-state index in [4.69, 9.17) is 9.47 Å². The monoisotopic (exact) mass is 563 g/mol. The quantitative estimate of drug-likeness (QED) is 0.166. The van der Waals surface area contributed by atoms with Crippen LogP contribution in [0, 0.1) is 13.8 Å². The fourth-order valence-corrected chi connectivity index (χ4v) is 3.43. The van der Waals surface area contributed by atoms with Gasteiger partial charge in [-0.15, -0.1) is 24.0 Å². The average molecular weight is 563 g/mol. The average Bonchev–Trinajstić information content (AvgIpc) is 3.16. The number of ether oxygens (including phenoxy) is 2. The fraction of sp³-hybridized carbons (Fsp3) is 0.360. The summed E-state index contributed by atoms with van der Waals surface area (Å²) in [6.45, 7) is 6.79. The van der Waals surface area contributed by atoms with E-state index in [2.05, 4.69) is 45.8 Å². The molecule has 3 rings (SSSR count). The van der Waals surface area contributed by atoms with Crippen LogP contribution in [0.3, 0.4) is 0 Å². The minimum absolute atomic E-state index is 0. The molecule has 0 fully saturated rings. The standard InChI is InChI=1S/C25H33N5O2.HI/c1-19-16-20(2)30(29-19)24-9-6-5-8-22(24)17-28-25(26-3)27-14-7-15-32-18-21-10-12-23(31-4)13-11-21;/h5-6,8-13,16H,7,14-15,17-18H2,1-4H3,(H2,26,27,28);1H. The van der Waals surface area contributed by atoms with Crippen LogP contribution in [0.2, 0.25) is 0 Å². The third-order valence-corrected chi connectivity index (χ3v) is 5.08. The minimum atomic E-state index is 0. The van der Waals surface area contributed by atoms with Crippen molar-refractivity contribution in [2.24, 2.45) is 4.99 Å². The summed E-state index contributed by atoms with van der Waals surface area (Å²) in [6, 6.07) is 18.3. The van der Waals surface area contributed by atoms with Gasteiger partial charge in [0.15, 0.2) is 5.96 Å². The Morgan fingerprint density at radius 3 is 2.48 bits per heavy atom. The van der Waals surface area contributed by atoms with Gasteiger partial charge in [-0.2, -0.15) is 5.10 Å². The number of aryl methyl sites for hydroxylation is 2. The van der Waals surface area contributed by atoms with Crippen molar-refractivity contribution in [3.05, 3.63) is 77.1 Å². The second-order valence-electron chi connectivity index (χ2n) is 7.57. The topological polar surface area (TPSA) is 72.7 Å². The SMILES string of the molecule is CN=C(NCCCOCc1ccc(OC)cc1)NCc1ccccc1-n1nc(C)cc1C.I. The van der Waals surface area contributed by atoms with Gasteiger partial charge in [0, 0.05) is 32.4 Å². The van der Waals surface area contributed by atoms with Gasteiger partial charge in [-0.3, -0.25) is 4.99 Å². The van der Waals surface area contributed by atoms with Crippen LogP contribution in [0.4, 0.5) is 0 Å². The molecule has 3 aromatic rings. The highest BCUT2D eigenvalue weighted by molar-refractivity contribution is 14.0. The maximum absolute atomic E-state index is 5.77. The molecule has 0 aliphatic rings. The molecule has 0 aliphatic carbocycles. The zero-order chi connectivity index (χ0) is 22.8. The van der Waals surface area contributed by atoms with Gasteiger partial charge in [-0.1, -0.05) is 30.3 Å². The number of aromatic nitrogens is 2. The zero-order valence-electron chi connectivity index (χ0n) is 19.8. The Morgan fingerprint density at radius 1 is 1.06 bits per heavy atom. The zero-order valence-corrected chi connectivity index (χ0v) is 22.1. The normalized spacial score (nSPS) is 11.1. The van der Waals surface area contributed by atoms with Gasteiger partial charge in [-0.05, 0) is 55.7 Å². The van der Waals surface area contributed by atoms with E-state index in [1.165, 1.54) is 0 Å². The smallest absolute Gasteiger partial charge is 0.191 e. The van der Waals surface area contributed by atoms with Gasteiger partial charge in [0.1, 0.15) is 5.75 Å². The summed E-state index contributed by atoms with van der Waals surface area (Å²) < 4.78 is 12.9. The number of rotatable bonds is 10. The Kier molecular flexibility index (Phi) is 11.2. The van der Waals surface area contributed by atoms with Crippen molar-refractivity contribution >= 4 is 29.9 Å². The molecule has 0 atom stereocenters. The van der Waals surface area contributed by atoms with Crippen molar-refractivity contribution in [2.75, 3.05) is 27.3 Å². The Labute approximate surface area is 213 Å². The predicted octanol–water partition coefficient (Wildman–Crippen LogP) is 4.39. The molecule has 0 bridgehead atoms. The molecular formula is C25H34IN5O2. The van der Waals surface area contributed by atoms with E-state index < -0.39 is 0 Å². The van der Waals surface area contributed by atoms with Gasteiger partial charge >= 0.3 is 0 Å². The lowest BCUT2D eigenvalue weighted by Gasteiger charge is -2.15. The molecule has 0 unspecified atom stereocenters. The van der Waals surface area contributed by atoms with Crippen molar-refractivity contribution in [3.63, 3.8) is 0 Å². The van der Waals surface area contributed by atoms with E-state index in [9.17, 15) is 0 Å². The highest BCUT2D eigenvalue weighted by Gasteiger charge is 2.09. The molecule has 0 radical (unpaired) electrons. The van der Waals surface area contributed by atoms with Crippen LogP contribution in [0.25, 0.3) is 5.69 Å². The van der Waals surface area contributed by atoms with E-state index in [0.29, 0.717) is 19.8 Å². The second kappa shape index (κ2) is 13.8. The van der Waals surface area contributed by atoms with Crippen LogP contribution in [0.1, 0.15) is 28.9 Å². The number of hydrogen-bond donors (Lipinski definition) is 2. The number of benzene rings is 2. The van der Waals surface area contributed by atoms with Crippen molar-refractivity contribution < 1.29 is 9.47 Å². The van der Waals surface area contributed by atoms with E-state index >= 15 is 0 Å². The number of para-hydroxylation sites is 1. The molecular weight excluding hydrogens is 529 g/mol. The first-order valence-electron chi connectivity index (χ1n) is 10.9. The summed E-state index contributed by atoms with van der Waals surface area (Å²) >= 11 is 0. The van der Waals surface area contributed by atoms with Crippen LogP contribution in [0.5, 0.6) is 5.75 Å². The van der Waals surface area contributed by atoms with Gasteiger partial charge < -0.3 is 20.1 Å². The molecule has 0 saturated heterocycles. The summed E-state index contributed by atoms with van der Waals surface area (Å²) in [5, 5.41) is 11.4. The molecule has 0 amide bonds. The fourth-order valence-electron chi connectivity index (χ4n) is 3.43. The summed E-state index contributed by atoms with van der Waals surface area (Å²) in [6.07, 6.45) is 0.888. The lowest BCUT2D eigenvalue weighted by atomic mass is 10.1. The number of nitrogens with zero attached hydrogens (tertiary/aromatic N) is 3. The minimum Gasteiger partial charge on any atom is -0.497 e. The van der Waals surface area contributed by atoms with Gasteiger partial charge in [0.2, 0.25) is 0 Å². The number of halogens is 1. The third kappa shape index (κ3) is 8.04. The van der Waals surface area contributed by atoms with Crippen LogP contribution >= 0.6 is 24.0 Å². The first-order chi connectivity index (χ1) is 15.6. The number of guanidine groups is 1. The first kappa shape index (κ1) is 26.7. The molecule has 1 heterocycles. The van der Waals surface area contributed by atoms with Crippen LogP contribution in [-0.2, 0) is 17.9 Å². The van der Waals surface area contributed by atoms with E-state index in [0.717, 1.165) is 52.9 Å². The Morgan fingerprint density at radius 2 is 1.82 bits per heavy atom. The van der Waals surface area contributed by atoms with Crippen molar-refractivity contribution in [1.82, 2.24) is 20.4 Å². The number of methoxy groups -OCH3 is 1. The largest absolute Gasteiger partial charge is 0.497 e. The number of hydrogen-bond acceptors (Lipinski definition) is 4. The van der Waals surface area contributed by atoms with Crippen molar-refractivity contribution in [2.45, 2.75) is 33.4 Å². The van der Waals surface area contributed by atoms with E-state index in [1.807, 2.05) is 48.0 Å².